The van der Waals surface area contributed by atoms with E-state index in [2.05, 4.69) is 0 Å². The molecule has 0 fully saturated rings. The highest BCUT2D eigenvalue weighted by Gasteiger charge is 2.34. The molecule has 6 heteroatoms. The first kappa shape index (κ1) is 12.6. The van der Waals surface area contributed by atoms with Gasteiger partial charge in [0, 0.05) is 9.45 Å². The molecule has 1 nitrogen and oxygen atoms in total. The molecule has 1 aromatic rings. The largest absolute Gasteiger partial charge is 0.416 e. The van der Waals surface area contributed by atoms with Gasteiger partial charge in [-0.3, -0.25) is 0 Å². The average Bonchev–Trinajstić information content (AvgIpc) is 2.15. The summed E-state index contributed by atoms with van der Waals surface area (Å²) in [5, 5.41) is 8.68. The van der Waals surface area contributed by atoms with Crippen molar-refractivity contribution in [3.8, 4) is 6.07 Å². The number of halogens is 5. The summed E-state index contributed by atoms with van der Waals surface area (Å²) in [6.07, 6.45) is -4.48. The molecule has 0 aromatic heterocycles. The Labute approximate surface area is 103 Å². The van der Waals surface area contributed by atoms with Crippen molar-refractivity contribution < 1.29 is 13.2 Å². The van der Waals surface area contributed by atoms with Crippen molar-refractivity contribution in [2.75, 3.05) is 0 Å². The van der Waals surface area contributed by atoms with Gasteiger partial charge < -0.3 is 0 Å². The quantitative estimate of drug-likeness (QED) is 0.559. The van der Waals surface area contributed by atoms with Crippen LogP contribution in [0.5, 0.6) is 0 Å². The second kappa shape index (κ2) is 4.58. The van der Waals surface area contributed by atoms with Crippen LogP contribution in [0.1, 0.15) is 16.7 Å². The molecule has 15 heavy (non-hydrogen) atoms. The molecular weight excluding hydrogens is 341 g/mol. The normalized spacial score (nSPS) is 11.2. The molecule has 80 valence electrons. The molecule has 0 saturated heterocycles. The van der Waals surface area contributed by atoms with Crippen LogP contribution in [0.4, 0.5) is 13.2 Å². The van der Waals surface area contributed by atoms with Gasteiger partial charge in [0.1, 0.15) is 0 Å². The van der Waals surface area contributed by atoms with Gasteiger partial charge in [0.05, 0.1) is 17.2 Å². The van der Waals surface area contributed by atoms with Gasteiger partial charge >= 0.3 is 6.18 Å². The Kier molecular flexibility index (Phi) is 3.84. The topological polar surface area (TPSA) is 23.8 Å². The summed E-state index contributed by atoms with van der Waals surface area (Å²) < 4.78 is 38.0. The number of hydrogen-bond donors (Lipinski definition) is 0. The van der Waals surface area contributed by atoms with E-state index in [0.29, 0.717) is 3.57 Å². The van der Waals surface area contributed by atoms with E-state index in [-0.39, 0.29) is 17.0 Å². The lowest BCUT2D eigenvalue weighted by Gasteiger charge is -2.12. The molecule has 0 aliphatic rings. The average molecular weight is 345 g/mol. The number of rotatable bonds is 1. The monoisotopic (exact) mass is 345 g/mol. The van der Waals surface area contributed by atoms with E-state index in [4.69, 9.17) is 16.9 Å². The standard InChI is InChI=1S/C9H4ClF3IN/c10-3-7-5(4-15)1-6(14)2-8(7)9(11,12)13/h1-2H,3H2. The van der Waals surface area contributed by atoms with E-state index in [0.717, 1.165) is 6.07 Å². The molecule has 0 spiro atoms. The molecule has 0 heterocycles. The third-order valence-corrected chi connectivity index (χ3v) is 2.66. The second-order valence-corrected chi connectivity index (χ2v) is 4.24. The summed E-state index contributed by atoms with van der Waals surface area (Å²) in [6.45, 7) is 0. The van der Waals surface area contributed by atoms with Crippen LogP contribution in [0.3, 0.4) is 0 Å². The van der Waals surface area contributed by atoms with Crippen molar-refractivity contribution in [1.82, 2.24) is 0 Å². The number of alkyl halides is 4. The van der Waals surface area contributed by atoms with Crippen LogP contribution in [-0.4, -0.2) is 0 Å². The van der Waals surface area contributed by atoms with E-state index in [9.17, 15) is 13.2 Å². The maximum Gasteiger partial charge on any atom is 0.416 e. The van der Waals surface area contributed by atoms with Gasteiger partial charge in [-0.2, -0.15) is 18.4 Å². The molecule has 1 rings (SSSR count). The zero-order chi connectivity index (χ0) is 11.6. The van der Waals surface area contributed by atoms with Gasteiger partial charge in [-0.05, 0) is 40.3 Å². The molecule has 0 atom stereocenters. The minimum Gasteiger partial charge on any atom is -0.192 e. The van der Waals surface area contributed by atoms with Gasteiger partial charge in [0.25, 0.3) is 0 Å². The maximum atomic E-state index is 12.6. The Hall–Kier alpha value is -0.480. The van der Waals surface area contributed by atoms with Crippen LogP contribution >= 0.6 is 34.2 Å². The summed E-state index contributed by atoms with van der Waals surface area (Å²) in [5.74, 6) is -0.325. The van der Waals surface area contributed by atoms with Gasteiger partial charge in [-0.25, -0.2) is 0 Å². The van der Waals surface area contributed by atoms with Gasteiger partial charge in [-0.1, -0.05) is 0 Å². The number of hydrogen-bond acceptors (Lipinski definition) is 1. The molecule has 0 saturated carbocycles. The molecule has 0 radical (unpaired) electrons. The zero-order valence-electron chi connectivity index (χ0n) is 7.20. The van der Waals surface area contributed by atoms with Crippen molar-refractivity contribution in [1.29, 1.82) is 5.26 Å². The van der Waals surface area contributed by atoms with E-state index in [1.807, 2.05) is 0 Å². The van der Waals surface area contributed by atoms with Crippen molar-refractivity contribution in [2.24, 2.45) is 0 Å². The Morgan fingerprint density at radius 1 is 1.40 bits per heavy atom. The first-order valence-electron chi connectivity index (χ1n) is 3.76. The second-order valence-electron chi connectivity index (χ2n) is 2.72. The minimum atomic E-state index is -4.48. The van der Waals surface area contributed by atoms with E-state index in [1.165, 1.54) is 6.07 Å². The summed E-state index contributed by atoms with van der Waals surface area (Å²) in [6, 6.07) is 4.08. The van der Waals surface area contributed by atoms with Crippen LogP contribution in [0.2, 0.25) is 0 Å². The van der Waals surface area contributed by atoms with Gasteiger partial charge in [0.2, 0.25) is 0 Å². The minimum absolute atomic E-state index is 0.0239. The Morgan fingerprint density at radius 2 is 2.00 bits per heavy atom. The van der Waals surface area contributed by atoms with Crippen molar-refractivity contribution in [3.05, 3.63) is 32.4 Å². The Balaban J connectivity index is 3.51. The number of nitrogens with zero attached hydrogens (tertiary/aromatic N) is 1. The Bertz CT molecular complexity index is 423. The van der Waals surface area contributed by atoms with Gasteiger partial charge in [0.15, 0.2) is 0 Å². The third-order valence-electron chi connectivity index (χ3n) is 1.77. The van der Waals surface area contributed by atoms with Crippen molar-refractivity contribution >= 4 is 34.2 Å². The summed E-state index contributed by atoms with van der Waals surface area (Å²) in [7, 11) is 0. The van der Waals surface area contributed by atoms with E-state index in [1.54, 1.807) is 28.7 Å². The fraction of sp³-hybridized carbons (Fsp3) is 0.222. The fourth-order valence-electron chi connectivity index (χ4n) is 1.13. The van der Waals surface area contributed by atoms with Gasteiger partial charge in [-0.15, -0.1) is 11.6 Å². The lowest BCUT2D eigenvalue weighted by Crippen LogP contribution is -2.10. The summed E-state index contributed by atoms with van der Waals surface area (Å²) in [5.41, 5.74) is -1.02. The highest BCUT2D eigenvalue weighted by atomic mass is 127. The van der Waals surface area contributed by atoms with Crippen LogP contribution in [0, 0.1) is 14.9 Å². The predicted octanol–water partition coefficient (Wildman–Crippen LogP) is 3.92. The van der Waals surface area contributed by atoms with Crippen molar-refractivity contribution in [2.45, 2.75) is 12.1 Å². The highest BCUT2D eigenvalue weighted by molar-refractivity contribution is 14.1. The summed E-state index contributed by atoms with van der Waals surface area (Å²) in [4.78, 5) is 0. The molecule has 0 aliphatic carbocycles. The lowest BCUT2D eigenvalue weighted by molar-refractivity contribution is -0.138. The molecule has 0 N–H and O–H groups in total. The molecule has 0 aliphatic heterocycles. The van der Waals surface area contributed by atoms with Crippen LogP contribution in [0.15, 0.2) is 12.1 Å². The molecule has 1 aromatic carbocycles. The maximum absolute atomic E-state index is 12.6. The number of benzene rings is 1. The molecule has 0 bridgehead atoms. The van der Waals surface area contributed by atoms with Crippen LogP contribution in [-0.2, 0) is 12.1 Å². The summed E-state index contributed by atoms with van der Waals surface area (Å²) >= 11 is 7.15. The van der Waals surface area contributed by atoms with Crippen LogP contribution < -0.4 is 0 Å². The Morgan fingerprint density at radius 3 is 2.40 bits per heavy atom. The molecular formula is C9H4ClF3IN. The van der Waals surface area contributed by atoms with E-state index < -0.39 is 11.7 Å². The molecule has 0 amide bonds. The molecule has 0 unspecified atom stereocenters. The fourth-order valence-corrected chi connectivity index (χ4v) is 2.04. The zero-order valence-corrected chi connectivity index (χ0v) is 10.1. The van der Waals surface area contributed by atoms with E-state index >= 15 is 0 Å². The van der Waals surface area contributed by atoms with Crippen molar-refractivity contribution in [3.63, 3.8) is 0 Å². The third kappa shape index (κ3) is 2.75. The van der Waals surface area contributed by atoms with Crippen LogP contribution in [0.25, 0.3) is 0 Å². The SMILES string of the molecule is N#Cc1cc(I)cc(C(F)(F)F)c1CCl. The lowest BCUT2D eigenvalue weighted by atomic mass is 10.0. The predicted molar refractivity (Wildman–Crippen MR) is 58.4 cm³/mol. The number of nitriles is 1. The smallest absolute Gasteiger partial charge is 0.192 e. The first-order chi connectivity index (χ1) is 6.90. The highest BCUT2D eigenvalue weighted by Crippen LogP contribution is 2.35. The first-order valence-corrected chi connectivity index (χ1v) is 5.37.